The molecule has 0 unspecified atom stereocenters. The number of carbonyl (C=O) groups excluding carboxylic acids is 1. The van der Waals surface area contributed by atoms with Crippen LogP contribution >= 0.6 is 0 Å². The van der Waals surface area contributed by atoms with E-state index < -0.39 is 0 Å². The van der Waals surface area contributed by atoms with E-state index in [0.717, 1.165) is 12.8 Å². The minimum Gasteiger partial charge on any atom is -0.466 e. The summed E-state index contributed by atoms with van der Waals surface area (Å²) in [6.45, 7) is 2.03. The lowest BCUT2D eigenvalue weighted by molar-refractivity contribution is -0.142. The lowest BCUT2D eigenvalue weighted by Gasteiger charge is -2.07. The Kier molecular flexibility index (Phi) is 2.49. The van der Waals surface area contributed by atoms with Gasteiger partial charge in [-0.25, -0.2) is 0 Å². The van der Waals surface area contributed by atoms with Gasteiger partial charge in [0.05, 0.1) is 6.61 Å². The van der Waals surface area contributed by atoms with Crippen molar-refractivity contribution in [2.75, 3.05) is 6.61 Å². The third-order valence-electron chi connectivity index (χ3n) is 1.63. The van der Waals surface area contributed by atoms with E-state index in [1.165, 1.54) is 6.92 Å². The van der Waals surface area contributed by atoms with Crippen LogP contribution in [0.2, 0.25) is 0 Å². The molecule has 0 saturated heterocycles. The van der Waals surface area contributed by atoms with Crippen LogP contribution in [-0.2, 0) is 9.53 Å². The van der Waals surface area contributed by atoms with Crippen molar-refractivity contribution in [3.05, 3.63) is 12.2 Å². The van der Waals surface area contributed by atoms with Gasteiger partial charge in [-0.3, -0.25) is 4.79 Å². The minimum atomic E-state index is -0.174. The molecule has 1 aliphatic carbocycles. The Hall–Kier alpha value is -0.790. The van der Waals surface area contributed by atoms with E-state index in [0.29, 0.717) is 12.5 Å². The van der Waals surface area contributed by atoms with Gasteiger partial charge in [-0.2, -0.15) is 0 Å². The Labute approximate surface area is 60.9 Å². The Morgan fingerprint density at radius 2 is 2.20 bits per heavy atom. The summed E-state index contributed by atoms with van der Waals surface area (Å²) in [7, 11) is 0. The molecule has 0 saturated carbocycles. The fourth-order valence-corrected chi connectivity index (χ4v) is 1.04. The quantitative estimate of drug-likeness (QED) is 0.429. The van der Waals surface area contributed by atoms with Crippen LogP contribution in [0.5, 0.6) is 0 Å². The molecular formula is C8H12O2. The molecule has 0 fully saturated rings. The Bertz CT molecular complexity index is 141. The van der Waals surface area contributed by atoms with Crippen molar-refractivity contribution in [3.63, 3.8) is 0 Å². The van der Waals surface area contributed by atoms with Crippen molar-refractivity contribution >= 4 is 5.97 Å². The molecule has 0 amide bonds. The normalized spacial score (nSPS) is 17.7. The molecule has 0 heterocycles. The van der Waals surface area contributed by atoms with Crippen LogP contribution in [0.3, 0.4) is 0 Å². The smallest absolute Gasteiger partial charge is 0.302 e. The highest BCUT2D eigenvalue weighted by Gasteiger charge is 2.10. The van der Waals surface area contributed by atoms with Gasteiger partial charge in [-0.1, -0.05) is 12.2 Å². The lowest BCUT2D eigenvalue weighted by Crippen LogP contribution is -2.08. The second-order valence-electron chi connectivity index (χ2n) is 2.61. The van der Waals surface area contributed by atoms with Crippen LogP contribution in [-0.4, -0.2) is 12.6 Å². The molecule has 10 heavy (non-hydrogen) atoms. The van der Waals surface area contributed by atoms with Crippen molar-refractivity contribution in [2.45, 2.75) is 19.8 Å². The highest BCUT2D eigenvalue weighted by Crippen LogP contribution is 2.17. The monoisotopic (exact) mass is 140 g/mol. The molecule has 2 nitrogen and oxygen atoms in total. The maximum absolute atomic E-state index is 10.4. The molecule has 56 valence electrons. The summed E-state index contributed by atoms with van der Waals surface area (Å²) in [4.78, 5) is 10.4. The van der Waals surface area contributed by atoms with Crippen molar-refractivity contribution < 1.29 is 9.53 Å². The standard InChI is InChI=1S/C8H12O2/c1-7(9)10-6-8-4-2-3-5-8/h2-3,8H,4-6H2,1H3. The molecular weight excluding hydrogens is 128 g/mol. The zero-order chi connectivity index (χ0) is 7.40. The topological polar surface area (TPSA) is 26.3 Å². The summed E-state index contributed by atoms with van der Waals surface area (Å²) < 4.78 is 4.85. The molecule has 0 radical (unpaired) electrons. The Balaban J connectivity index is 2.09. The fourth-order valence-electron chi connectivity index (χ4n) is 1.04. The van der Waals surface area contributed by atoms with E-state index in [1.807, 2.05) is 0 Å². The highest BCUT2D eigenvalue weighted by molar-refractivity contribution is 5.65. The molecule has 0 spiro atoms. The first-order valence-corrected chi connectivity index (χ1v) is 3.57. The van der Waals surface area contributed by atoms with Crippen LogP contribution in [0.4, 0.5) is 0 Å². The molecule has 0 aromatic carbocycles. The van der Waals surface area contributed by atoms with E-state index in [2.05, 4.69) is 12.2 Å². The SMILES string of the molecule is CC(=O)OCC1CC=CC1. The molecule has 0 aromatic rings. The van der Waals surface area contributed by atoms with E-state index >= 15 is 0 Å². The number of ether oxygens (including phenoxy) is 1. The van der Waals surface area contributed by atoms with Gasteiger partial charge in [0, 0.05) is 6.92 Å². The van der Waals surface area contributed by atoms with Crippen LogP contribution < -0.4 is 0 Å². The number of esters is 1. The summed E-state index contributed by atoms with van der Waals surface area (Å²) in [5, 5.41) is 0. The summed E-state index contributed by atoms with van der Waals surface area (Å²) in [5.41, 5.74) is 0. The van der Waals surface area contributed by atoms with Crippen molar-refractivity contribution in [2.24, 2.45) is 5.92 Å². The molecule has 2 heteroatoms. The predicted molar refractivity (Wildman–Crippen MR) is 38.5 cm³/mol. The van der Waals surface area contributed by atoms with E-state index in [1.54, 1.807) is 0 Å². The van der Waals surface area contributed by atoms with E-state index in [4.69, 9.17) is 4.74 Å². The highest BCUT2D eigenvalue weighted by atomic mass is 16.5. The maximum Gasteiger partial charge on any atom is 0.302 e. The molecule has 1 aliphatic rings. The number of hydrogen-bond acceptors (Lipinski definition) is 2. The molecule has 0 bridgehead atoms. The molecule has 0 atom stereocenters. The molecule has 0 aromatic heterocycles. The van der Waals surface area contributed by atoms with E-state index in [9.17, 15) is 4.79 Å². The van der Waals surface area contributed by atoms with Crippen LogP contribution in [0.1, 0.15) is 19.8 Å². The lowest BCUT2D eigenvalue weighted by atomic mass is 10.1. The Morgan fingerprint density at radius 3 is 2.70 bits per heavy atom. The second-order valence-corrected chi connectivity index (χ2v) is 2.61. The Morgan fingerprint density at radius 1 is 1.60 bits per heavy atom. The third kappa shape index (κ3) is 2.21. The number of hydrogen-bond donors (Lipinski definition) is 0. The van der Waals surface area contributed by atoms with Crippen LogP contribution in [0.15, 0.2) is 12.2 Å². The van der Waals surface area contributed by atoms with Crippen LogP contribution in [0.25, 0.3) is 0 Å². The number of carbonyl (C=O) groups is 1. The van der Waals surface area contributed by atoms with Gasteiger partial charge in [-0.15, -0.1) is 0 Å². The van der Waals surface area contributed by atoms with Crippen molar-refractivity contribution in [1.29, 1.82) is 0 Å². The summed E-state index contributed by atoms with van der Waals surface area (Å²) in [5.74, 6) is 0.371. The third-order valence-corrected chi connectivity index (χ3v) is 1.63. The maximum atomic E-state index is 10.4. The number of rotatable bonds is 2. The van der Waals surface area contributed by atoms with E-state index in [-0.39, 0.29) is 5.97 Å². The van der Waals surface area contributed by atoms with Gasteiger partial charge in [0.2, 0.25) is 0 Å². The zero-order valence-electron chi connectivity index (χ0n) is 6.17. The van der Waals surface area contributed by atoms with Gasteiger partial charge < -0.3 is 4.74 Å². The summed E-state index contributed by atoms with van der Waals surface area (Å²) in [6, 6.07) is 0. The second kappa shape index (κ2) is 3.40. The van der Waals surface area contributed by atoms with Crippen molar-refractivity contribution in [1.82, 2.24) is 0 Å². The first-order chi connectivity index (χ1) is 4.79. The average molecular weight is 140 g/mol. The van der Waals surface area contributed by atoms with Gasteiger partial charge in [0.1, 0.15) is 0 Å². The van der Waals surface area contributed by atoms with Gasteiger partial charge in [0.15, 0.2) is 0 Å². The van der Waals surface area contributed by atoms with Gasteiger partial charge >= 0.3 is 5.97 Å². The van der Waals surface area contributed by atoms with Crippen molar-refractivity contribution in [3.8, 4) is 0 Å². The van der Waals surface area contributed by atoms with Crippen LogP contribution in [0, 0.1) is 5.92 Å². The summed E-state index contributed by atoms with van der Waals surface area (Å²) >= 11 is 0. The molecule has 1 rings (SSSR count). The van der Waals surface area contributed by atoms with Gasteiger partial charge in [0.25, 0.3) is 0 Å². The average Bonchev–Trinajstić information content (AvgIpc) is 2.34. The number of allylic oxidation sites excluding steroid dienone is 2. The first kappa shape index (κ1) is 7.32. The molecule has 0 aliphatic heterocycles. The largest absolute Gasteiger partial charge is 0.466 e. The first-order valence-electron chi connectivity index (χ1n) is 3.57. The predicted octanol–water partition coefficient (Wildman–Crippen LogP) is 1.52. The molecule has 0 N–H and O–H groups in total. The fraction of sp³-hybridized carbons (Fsp3) is 0.625. The summed E-state index contributed by atoms with van der Waals surface area (Å²) in [6.07, 6.45) is 6.39. The zero-order valence-corrected chi connectivity index (χ0v) is 6.17. The van der Waals surface area contributed by atoms with Gasteiger partial charge in [-0.05, 0) is 18.8 Å². The minimum absolute atomic E-state index is 0.174.